The number of rotatable bonds is 4. The lowest BCUT2D eigenvalue weighted by Gasteiger charge is -2.28. The van der Waals surface area contributed by atoms with Crippen molar-refractivity contribution in [2.24, 2.45) is 11.8 Å². The highest BCUT2D eigenvalue weighted by molar-refractivity contribution is 5.70. The number of halogens is 3. The molecule has 1 fully saturated rings. The van der Waals surface area contributed by atoms with E-state index >= 15 is 0 Å². The molecule has 6 heteroatoms. The lowest BCUT2D eigenvalue weighted by atomic mass is 9.79. The molecule has 0 aromatic rings. The van der Waals surface area contributed by atoms with E-state index < -0.39 is 24.6 Å². The van der Waals surface area contributed by atoms with Crippen LogP contribution in [0.5, 0.6) is 0 Å². The standard InChI is InChI=1S/C10H16F3NO2/c11-10(12,13)6-14-5-7-3-1-2-4-8(7)9(15)16/h7-8,14H,1-6H2,(H,15,16). The maximum absolute atomic E-state index is 11.9. The molecule has 3 nitrogen and oxygen atoms in total. The van der Waals surface area contributed by atoms with Crippen molar-refractivity contribution in [2.75, 3.05) is 13.1 Å². The zero-order valence-corrected chi connectivity index (χ0v) is 8.89. The first-order valence-corrected chi connectivity index (χ1v) is 5.40. The molecular formula is C10H16F3NO2. The summed E-state index contributed by atoms with van der Waals surface area (Å²) in [6.07, 6.45) is -1.20. The lowest BCUT2D eigenvalue weighted by molar-refractivity contribution is -0.145. The second kappa shape index (κ2) is 5.52. The third-order valence-electron chi connectivity index (χ3n) is 2.96. The fourth-order valence-corrected chi connectivity index (χ4v) is 2.18. The van der Waals surface area contributed by atoms with Crippen LogP contribution in [0.15, 0.2) is 0 Å². The summed E-state index contributed by atoms with van der Waals surface area (Å²) in [6, 6.07) is 0. The Balaban J connectivity index is 2.36. The zero-order valence-electron chi connectivity index (χ0n) is 8.89. The van der Waals surface area contributed by atoms with Crippen LogP contribution in [0.25, 0.3) is 0 Å². The predicted molar refractivity (Wildman–Crippen MR) is 52.0 cm³/mol. The Morgan fingerprint density at radius 3 is 2.50 bits per heavy atom. The Morgan fingerprint density at radius 2 is 1.94 bits per heavy atom. The number of carboxylic acids is 1. The first-order valence-electron chi connectivity index (χ1n) is 5.40. The first-order chi connectivity index (χ1) is 7.40. The van der Waals surface area contributed by atoms with E-state index in [2.05, 4.69) is 5.32 Å². The highest BCUT2D eigenvalue weighted by Crippen LogP contribution is 2.29. The van der Waals surface area contributed by atoms with Crippen LogP contribution >= 0.6 is 0 Å². The Hall–Kier alpha value is -0.780. The van der Waals surface area contributed by atoms with Gasteiger partial charge in [-0.1, -0.05) is 12.8 Å². The Kier molecular flexibility index (Phi) is 4.58. The molecule has 1 aliphatic rings. The third-order valence-corrected chi connectivity index (χ3v) is 2.96. The van der Waals surface area contributed by atoms with Gasteiger partial charge in [-0.15, -0.1) is 0 Å². The van der Waals surface area contributed by atoms with Crippen LogP contribution in [0, 0.1) is 11.8 Å². The van der Waals surface area contributed by atoms with Crippen LogP contribution in [0.3, 0.4) is 0 Å². The SMILES string of the molecule is O=C(O)C1CCCCC1CNCC(F)(F)F. The van der Waals surface area contributed by atoms with Gasteiger partial charge in [0.2, 0.25) is 0 Å². The molecule has 0 bridgehead atoms. The number of carboxylic acid groups (broad SMARTS) is 1. The van der Waals surface area contributed by atoms with Gasteiger partial charge in [-0.25, -0.2) is 0 Å². The molecule has 0 aromatic heterocycles. The quantitative estimate of drug-likeness (QED) is 0.789. The molecule has 0 amide bonds. The smallest absolute Gasteiger partial charge is 0.401 e. The van der Waals surface area contributed by atoms with Gasteiger partial charge in [-0.3, -0.25) is 4.79 Å². The molecule has 1 aliphatic carbocycles. The second-order valence-electron chi connectivity index (χ2n) is 4.24. The number of nitrogens with one attached hydrogen (secondary N) is 1. The van der Waals surface area contributed by atoms with Gasteiger partial charge in [-0.2, -0.15) is 13.2 Å². The Morgan fingerprint density at radius 1 is 1.31 bits per heavy atom. The molecule has 0 aromatic carbocycles. The van der Waals surface area contributed by atoms with Crippen molar-refractivity contribution in [1.82, 2.24) is 5.32 Å². The van der Waals surface area contributed by atoms with E-state index in [1.165, 1.54) is 0 Å². The van der Waals surface area contributed by atoms with Gasteiger partial charge < -0.3 is 10.4 Å². The topological polar surface area (TPSA) is 49.3 Å². The summed E-state index contributed by atoms with van der Waals surface area (Å²) in [6.45, 7) is -0.910. The lowest BCUT2D eigenvalue weighted by Crippen LogP contribution is -2.38. The summed E-state index contributed by atoms with van der Waals surface area (Å²) < 4.78 is 35.7. The predicted octanol–water partition coefficient (Wildman–Crippen LogP) is 2.03. The van der Waals surface area contributed by atoms with Gasteiger partial charge >= 0.3 is 12.1 Å². The number of carbonyl (C=O) groups is 1. The van der Waals surface area contributed by atoms with E-state index in [9.17, 15) is 18.0 Å². The van der Waals surface area contributed by atoms with E-state index in [4.69, 9.17) is 5.11 Å². The molecule has 0 spiro atoms. The molecule has 0 heterocycles. The van der Waals surface area contributed by atoms with E-state index in [0.717, 1.165) is 12.8 Å². The Bertz CT molecular complexity index is 243. The summed E-state index contributed by atoms with van der Waals surface area (Å²) in [5.74, 6) is -1.55. The van der Waals surface area contributed by atoms with Gasteiger partial charge in [0, 0.05) is 0 Å². The fourth-order valence-electron chi connectivity index (χ4n) is 2.18. The normalized spacial score (nSPS) is 26.7. The van der Waals surface area contributed by atoms with Crippen molar-refractivity contribution >= 4 is 5.97 Å². The average Bonchev–Trinajstić information content (AvgIpc) is 2.16. The van der Waals surface area contributed by atoms with Gasteiger partial charge in [0.05, 0.1) is 12.5 Å². The molecule has 2 atom stereocenters. The van der Waals surface area contributed by atoms with Gasteiger partial charge in [0.1, 0.15) is 0 Å². The largest absolute Gasteiger partial charge is 0.481 e. The number of hydrogen-bond donors (Lipinski definition) is 2. The Labute approximate surface area is 92.0 Å². The summed E-state index contributed by atoms with van der Waals surface area (Å²) in [5.41, 5.74) is 0. The van der Waals surface area contributed by atoms with Crippen LogP contribution in [0.2, 0.25) is 0 Å². The highest BCUT2D eigenvalue weighted by Gasteiger charge is 2.32. The molecule has 0 aliphatic heterocycles. The van der Waals surface area contributed by atoms with Crippen LogP contribution in [0.4, 0.5) is 13.2 Å². The zero-order chi connectivity index (χ0) is 12.2. The highest BCUT2D eigenvalue weighted by atomic mass is 19.4. The van der Waals surface area contributed by atoms with Gasteiger partial charge in [0.25, 0.3) is 0 Å². The van der Waals surface area contributed by atoms with Crippen LogP contribution in [0.1, 0.15) is 25.7 Å². The molecule has 0 radical (unpaired) electrons. The summed E-state index contributed by atoms with van der Waals surface area (Å²) in [7, 11) is 0. The molecule has 2 N–H and O–H groups in total. The molecule has 0 saturated heterocycles. The van der Waals surface area contributed by atoms with Gasteiger partial charge in [0.15, 0.2) is 0 Å². The maximum atomic E-state index is 11.9. The minimum atomic E-state index is -4.23. The maximum Gasteiger partial charge on any atom is 0.401 e. The van der Waals surface area contributed by atoms with Crippen LogP contribution < -0.4 is 5.32 Å². The van der Waals surface area contributed by atoms with Crippen molar-refractivity contribution in [3.05, 3.63) is 0 Å². The first kappa shape index (κ1) is 13.3. The minimum absolute atomic E-state index is 0.135. The van der Waals surface area contributed by atoms with Crippen molar-refractivity contribution in [3.8, 4) is 0 Å². The molecule has 1 saturated carbocycles. The van der Waals surface area contributed by atoms with E-state index in [0.29, 0.717) is 12.8 Å². The van der Waals surface area contributed by atoms with E-state index in [1.54, 1.807) is 0 Å². The summed E-state index contributed by atoms with van der Waals surface area (Å²) in [4.78, 5) is 10.9. The molecular weight excluding hydrogens is 223 g/mol. The summed E-state index contributed by atoms with van der Waals surface area (Å²) >= 11 is 0. The van der Waals surface area contributed by atoms with Gasteiger partial charge in [-0.05, 0) is 25.3 Å². The van der Waals surface area contributed by atoms with Crippen molar-refractivity contribution in [2.45, 2.75) is 31.9 Å². The second-order valence-corrected chi connectivity index (χ2v) is 4.24. The molecule has 94 valence electrons. The monoisotopic (exact) mass is 239 g/mol. The van der Waals surface area contributed by atoms with Crippen LogP contribution in [-0.2, 0) is 4.79 Å². The van der Waals surface area contributed by atoms with Crippen LogP contribution in [-0.4, -0.2) is 30.3 Å². The van der Waals surface area contributed by atoms with Crippen molar-refractivity contribution < 1.29 is 23.1 Å². The number of alkyl halides is 3. The molecule has 1 rings (SSSR count). The minimum Gasteiger partial charge on any atom is -0.481 e. The number of hydrogen-bond acceptors (Lipinski definition) is 2. The summed E-state index contributed by atoms with van der Waals surface area (Å²) in [5, 5.41) is 11.2. The molecule has 2 unspecified atom stereocenters. The third kappa shape index (κ3) is 4.38. The van der Waals surface area contributed by atoms with Crippen molar-refractivity contribution in [1.29, 1.82) is 0 Å². The fraction of sp³-hybridized carbons (Fsp3) is 0.900. The number of aliphatic carboxylic acids is 1. The van der Waals surface area contributed by atoms with E-state index in [1.807, 2.05) is 0 Å². The van der Waals surface area contributed by atoms with Crippen molar-refractivity contribution in [3.63, 3.8) is 0 Å². The van der Waals surface area contributed by atoms with E-state index in [-0.39, 0.29) is 12.5 Å². The molecule has 16 heavy (non-hydrogen) atoms. The average molecular weight is 239 g/mol.